The van der Waals surface area contributed by atoms with Crippen LogP contribution in [0.15, 0.2) is 52.9 Å². The first-order chi connectivity index (χ1) is 12.7. The molecule has 0 radical (unpaired) electrons. The average Bonchev–Trinajstić information content (AvgIpc) is 3.09. The van der Waals surface area contributed by atoms with E-state index < -0.39 is 0 Å². The average molecular weight is 384 g/mol. The van der Waals surface area contributed by atoms with E-state index in [9.17, 15) is 4.79 Å². The minimum absolute atomic E-state index is 0.0853. The van der Waals surface area contributed by atoms with Crippen molar-refractivity contribution >= 4 is 17.5 Å². The summed E-state index contributed by atoms with van der Waals surface area (Å²) in [6.45, 7) is 6.72. The fraction of sp³-hybridized carbons (Fsp3) is 0.286. The number of carbonyl (C=O) groups is 1. The van der Waals surface area contributed by atoms with Crippen LogP contribution < -0.4 is 0 Å². The molecule has 0 aliphatic heterocycles. The van der Waals surface area contributed by atoms with E-state index in [1.807, 2.05) is 12.1 Å². The molecule has 1 aromatic heterocycles. The molecule has 3 aromatic rings. The molecule has 0 saturated carbocycles. The van der Waals surface area contributed by atoms with Gasteiger partial charge in [0, 0.05) is 23.2 Å². The van der Waals surface area contributed by atoms with Crippen molar-refractivity contribution in [2.75, 3.05) is 7.05 Å². The van der Waals surface area contributed by atoms with E-state index >= 15 is 0 Å². The first-order valence-corrected chi connectivity index (χ1v) is 9.06. The highest BCUT2D eigenvalue weighted by molar-refractivity contribution is 6.30. The highest BCUT2D eigenvalue weighted by atomic mass is 35.5. The minimum atomic E-state index is -0.160. The number of hydrogen-bond acceptors (Lipinski definition) is 4. The predicted molar refractivity (Wildman–Crippen MR) is 106 cm³/mol. The van der Waals surface area contributed by atoms with Crippen LogP contribution in [0.4, 0.5) is 0 Å². The van der Waals surface area contributed by atoms with Crippen molar-refractivity contribution in [2.24, 2.45) is 0 Å². The van der Waals surface area contributed by atoms with E-state index in [4.69, 9.17) is 16.0 Å². The quantitative estimate of drug-likeness (QED) is 0.638. The maximum Gasteiger partial charge on any atom is 0.254 e. The number of halogens is 1. The van der Waals surface area contributed by atoms with Crippen molar-refractivity contribution in [1.29, 1.82) is 0 Å². The van der Waals surface area contributed by atoms with Gasteiger partial charge in [0.05, 0.1) is 6.54 Å². The third-order valence-corrected chi connectivity index (χ3v) is 4.49. The highest BCUT2D eigenvalue weighted by Crippen LogP contribution is 2.25. The van der Waals surface area contributed by atoms with Crippen molar-refractivity contribution in [3.05, 3.63) is 70.6 Å². The Morgan fingerprint density at radius 1 is 1.11 bits per heavy atom. The Bertz CT molecular complexity index is 943. The van der Waals surface area contributed by atoms with Gasteiger partial charge in [0.15, 0.2) is 0 Å². The van der Waals surface area contributed by atoms with E-state index in [1.165, 1.54) is 10.5 Å². The molecule has 0 bridgehead atoms. The maximum absolute atomic E-state index is 12.5. The van der Waals surface area contributed by atoms with Crippen molar-refractivity contribution in [3.63, 3.8) is 0 Å². The molecule has 5 nitrogen and oxygen atoms in total. The van der Waals surface area contributed by atoms with E-state index in [0.29, 0.717) is 22.4 Å². The zero-order valence-corrected chi connectivity index (χ0v) is 16.6. The minimum Gasteiger partial charge on any atom is -0.419 e. The van der Waals surface area contributed by atoms with Gasteiger partial charge in [0.1, 0.15) is 0 Å². The van der Waals surface area contributed by atoms with E-state index in [0.717, 1.165) is 5.56 Å². The number of aromatic nitrogens is 2. The molecule has 0 fully saturated rings. The molecule has 0 saturated heterocycles. The lowest BCUT2D eigenvalue weighted by atomic mass is 9.87. The van der Waals surface area contributed by atoms with Gasteiger partial charge in [-0.2, -0.15) is 0 Å². The topological polar surface area (TPSA) is 59.2 Å². The van der Waals surface area contributed by atoms with E-state index in [-0.39, 0.29) is 17.9 Å². The van der Waals surface area contributed by atoms with Gasteiger partial charge >= 0.3 is 0 Å². The Hall–Kier alpha value is -2.66. The largest absolute Gasteiger partial charge is 0.419 e. The number of carbonyl (C=O) groups excluding carboxylic acids is 1. The molecule has 1 amide bonds. The zero-order valence-electron chi connectivity index (χ0n) is 15.9. The first-order valence-electron chi connectivity index (χ1n) is 8.68. The molecule has 1 heterocycles. The van der Waals surface area contributed by atoms with Gasteiger partial charge in [-0.1, -0.05) is 50.6 Å². The molecule has 3 rings (SSSR count). The molecule has 140 valence electrons. The fourth-order valence-corrected chi connectivity index (χ4v) is 2.85. The number of rotatable bonds is 4. The molecule has 0 aliphatic carbocycles. The lowest BCUT2D eigenvalue weighted by molar-refractivity contribution is 0.0773. The third kappa shape index (κ3) is 4.55. The normalized spacial score (nSPS) is 11.4. The standard InChI is InChI=1S/C21H22ClN3O2/c1-21(2,3)16-10-8-14(9-11-16)19-24-23-18(27-19)13-25(4)20(26)15-6-5-7-17(22)12-15/h5-12H,13H2,1-4H3. The van der Waals surface area contributed by atoms with E-state index in [2.05, 4.69) is 43.1 Å². The Morgan fingerprint density at radius 3 is 2.44 bits per heavy atom. The van der Waals surface area contributed by atoms with Crippen LogP contribution in [0.25, 0.3) is 11.5 Å². The highest BCUT2D eigenvalue weighted by Gasteiger charge is 2.17. The predicted octanol–water partition coefficient (Wildman–Crippen LogP) is 4.96. The second kappa shape index (κ2) is 7.53. The monoisotopic (exact) mass is 383 g/mol. The molecule has 2 aromatic carbocycles. The van der Waals surface area contributed by atoms with Crippen LogP contribution in [0.2, 0.25) is 5.02 Å². The third-order valence-electron chi connectivity index (χ3n) is 4.26. The van der Waals surface area contributed by atoms with Gasteiger partial charge in [-0.05, 0) is 41.3 Å². The lowest BCUT2D eigenvalue weighted by Crippen LogP contribution is -2.26. The maximum atomic E-state index is 12.5. The Kier molecular flexibility index (Phi) is 5.33. The van der Waals surface area contributed by atoms with Gasteiger partial charge in [0.25, 0.3) is 5.91 Å². The molecule has 27 heavy (non-hydrogen) atoms. The second-order valence-electron chi connectivity index (χ2n) is 7.50. The van der Waals surface area contributed by atoms with E-state index in [1.54, 1.807) is 31.3 Å². The zero-order chi connectivity index (χ0) is 19.6. The molecule has 0 spiro atoms. The SMILES string of the molecule is CN(Cc1nnc(-c2ccc(C(C)(C)C)cc2)o1)C(=O)c1cccc(Cl)c1. The van der Waals surface area contributed by atoms with Gasteiger partial charge in [0.2, 0.25) is 11.8 Å². The Labute approximate surface area is 164 Å². The summed E-state index contributed by atoms with van der Waals surface area (Å²) in [6.07, 6.45) is 0. The second-order valence-corrected chi connectivity index (χ2v) is 7.94. The molecule has 6 heteroatoms. The van der Waals surface area contributed by atoms with Crippen molar-refractivity contribution < 1.29 is 9.21 Å². The van der Waals surface area contributed by atoms with Crippen molar-refractivity contribution in [2.45, 2.75) is 32.7 Å². The van der Waals surface area contributed by atoms with Crippen LogP contribution >= 0.6 is 11.6 Å². The summed E-state index contributed by atoms with van der Waals surface area (Å²) in [4.78, 5) is 14.0. The summed E-state index contributed by atoms with van der Waals surface area (Å²) >= 11 is 5.95. The van der Waals surface area contributed by atoms with Gasteiger partial charge in [-0.15, -0.1) is 10.2 Å². The van der Waals surface area contributed by atoms with Crippen molar-refractivity contribution in [3.8, 4) is 11.5 Å². The molecule has 0 aliphatic rings. The number of hydrogen-bond donors (Lipinski definition) is 0. The number of benzene rings is 2. The molecular formula is C21H22ClN3O2. The number of nitrogens with zero attached hydrogens (tertiary/aromatic N) is 3. The molecule has 0 atom stereocenters. The summed E-state index contributed by atoms with van der Waals surface area (Å²) in [6, 6.07) is 14.9. The first kappa shape index (κ1) is 19.1. The Balaban J connectivity index is 1.71. The fourth-order valence-electron chi connectivity index (χ4n) is 2.66. The van der Waals surface area contributed by atoms with Crippen LogP contribution in [0, 0.1) is 0 Å². The van der Waals surface area contributed by atoms with Crippen LogP contribution in [-0.4, -0.2) is 28.1 Å². The van der Waals surface area contributed by atoms with Gasteiger partial charge < -0.3 is 9.32 Å². The summed E-state index contributed by atoms with van der Waals surface area (Å²) in [5.41, 5.74) is 2.69. The van der Waals surface area contributed by atoms with Crippen LogP contribution in [0.1, 0.15) is 42.6 Å². The lowest BCUT2D eigenvalue weighted by Gasteiger charge is -2.18. The summed E-state index contributed by atoms with van der Waals surface area (Å²) in [5, 5.41) is 8.68. The summed E-state index contributed by atoms with van der Waals surface area (Å²) < 4.78 is 5.73. The molecular weight excluding hydrogens is 362 g/mol. The smallest absolute Gasteiger partial charge is 0.254 e. The number of amides is 1. The summed E-state index contributed by atoms with van der Waals surface area (Å²) in [7, 11) is 1.69. The Morgan fingerprint density at radius 2 is 1.81 bits per heavy atom. The summed E-state index contributed by atoms with van der Waals surface area (Å²) in [5.74, 6) is 0.656. The van der Waals surface area contributed by atoms with Crippen LogP contribution in [0.3, 0.4) is 0 Å². The van der Waals surface area contributed by atoms with Crippen LogP contribution in [-0.2, 0) is 12.0 Å². The van der Waals surface area contributed by atoms with Crippen LogP contribution in [0.5, 0.6) is 0 Å². The molecule has 0 N–H and O–H groups in total. The van der Waals surface area contributed by atoms with Gasteiger partial charge in [-0.25, -0.2) is 0 Å². The van der Waals surface area contributed by atoms with Gasteiger partial charge in [-0.3, -0.25) is 4.79 Å². The molecule has 0 unspecified atom stereocenters. The van der Waals surface area contributed by atoms with Crippen molar-refractivity contribution in [1.82, 2.24) is 15.1 Å².